The van der Waals surface area contributed by atoms with Crippen LogP contribution in [-0.4, -0.2) is 12.4 Å². The van der Waals surface area contributed by atoms with Crippen molar-refractivity contribution in [1.29, 1.82) is 0 Å². The fourth-order valence-corrected chi connectivity index (χ4v) is 5.33. The second-order valence-electron chi connectivity index (χ2n) is 8.45. The summed E-state index contributed by atoms with van der Waals surface area (Å²) in [6, 6.07) is 26.5. The summed E-state index contributed by atoms with van der Waals surface area (Å²) in [5.74, 6) is 3.17. The Morgan fingerprint density at radius 1 is 0.576 bits per heavy atom. The van der Waals surface area contributed by atoms with Crippen LogP contribution in [0, 0.1) is 0 Å². The molecule has 0 heterocycles. The first-order valence-corrected chi connectivity index (χ1v) is 14.4. The van der Waals surface area contributed by atoms with Crippen molar-refractivity contribution >= 4 is 23.5 Å². The molecule has 0 unspecified atom stereocenters. The standard InChI is InChI=1S/C30H38OS2/c1-3-5-7-8-9-23-32-29-18-12-26(13-19-29)27-14-20-30(21-15-27)33-24-25-10-16-28(17-11-25)31-22-6-4-2/h10-21H,3-9,22-24H2,1-2H3. The topological polar surface area (TPSA) is 9.23 Å². The summed E-state index contributed by atoms with van der Waals surface area (Å²) < 4.78 is 5.76. The maximum absolute atomic E-state index is 5.76. The molecule has 0 amide bonds. The first-order valence-electron chi connectivity index (χ1n) is 12.5. The number of rotatable bonds is 15. The smallest absolute Gasteiger partial charge is 0.119 e. The first kappa shape index (κ1) is 25.8. The molecule has 3 rings (SSSR count). The highest BCUT2D eigenvalue weighted by atomic mass is 32.2. The number of hydrogen-bond acceptors (Lipinski definition) is 3. The lowest BCUT2D eigenvalue weighted by Gasteiger charge is -2.08. The third kappa shape index (κ3) is 9.51. The molecule has 0 N–H and O–H groups in total. The van der Waals surface area contributed by atoms with Crippen molar-refractivity contribution in [2.75, 3.05) is 12.4 Å². The summed E-state index contributed by atoms with van der Waals surface area (Å²) in [5.41, 5.74) is 3.90. The lowest BCUT2D eigenvalue weighted by atomic mass is 10.1. The van der Waals surface area contributed by atoms with Crippen LogP contribution in [0.1, 0.15) is 64.4 Å². The van der Waals surface area contributed by atoms with Crippen LogP contribution in [0.2, 0.25) is 0 Å². The van der Waals surface area contributed by atoms with Crippen LogP contribution < -0.4 is 4.74 Å². The van der Waals surface area contributed by atoms with E-state index in [1.54, 1.807) is 0 Å². The molecule has 0 saturated carbocycles. The monoisotopic (exact) mass is 478 g/mol. The molecule has 0 aliphatic heterocycles. The molecule has 33 heavy (non-hydrogen) atoms. The maximum atomic E-state index is 5.76. The third-order valence-electron chi connectivity index (χ3n) is 5.65. The largest absolute Gasteiger partial charge is 0.494 e. The molecule has 0 bridgehead atoms. The van der Waals surface area contributed by atoms with Crippen LogP contribution in [0.4, 0.5) is 0 Å². The molecule has 0 fully saturated rings. The zero-order valence-corrected chi connectivity index (χ0v) is 21.9. The Labute approximate surface area is 209 Å². The maximum Gasteiger partial charge on any atom is 0.119 e. The van der Waals surface area contributed by atoms with Crippen molar-refractivity contribution in [1.82, 2.24) is 0 Å². The molecule has 3 aromatic carbocycles. The van der Waals surface area contributed by atoms with Gasteiger partial charge < -0.3 is 4.74 Å². The van der Waals surface area contributed by atoms with Crippen LogP contribution >= 0.6 is 23.5 Å². The third-order valence-corrected chi connectivity index (χ3v) is 7.84. The Kier molecular flexibility index (Phi) is 11.8. The van der Waals surface area contributed by atoms with Crippen LogP contribution in [-0.2, 0) is 5.75 Å². The normalized spacial score (nSPS) is 11.0. The fourth-order valence-electron chi connectivity index (χ4n) is 3.57. The van der Waals surface area contributed by atoms with E-state index in [9.17, 15) is 0 Å². The molecule has 176 valence electrons. The van der Waals surface area contributed by atoms with Gasteiger partial charge in [-0.25, -0.2) is 0 Å². The van der Waals surface area contributed by atoms with E-state index < -0.39 is 0 Å². The number of benzene rings is 3. The molecule has 3 aromatic rings. The van der Waals surface area contributed by atoms with Gasteiger partial charge in [0.05, 0.1) is 6.61 Å². The Morgan fingerprint density at radius 3 is 1.76 bits per heavy atom. The quantitative estimate of drug-likeness (QED) is 0.159. The summed E-state index contributed by atoms with van der Waals surface area (Å²) >= 11 is 3.86. The van der Waals surface area contributed by atoms with Gasteiger partial charge in [0.2, 0.25) is 0 Å². The van der Waals surface area contributed by atoms with Crippen LogP contribution in [0.5, 0.6) is 5.75 Å². The number of unbranched alkanes of at least 4 members (excludes halogenated alkanes) is 5. The number of hydrogen-bond donors (Lipinski definition) is 0. The van der Waals surface area contributed by atoms with Crippen molar-refractivity contribution in [3.8, 4) is 16.9 Å². The Balaban J connectivity index is 1.43. The average Bonchev–Trinajstić information content (AvgIpc) is 2.86. The highest BCUT2D eigenvalue weighted by Crippen LogP contribution is 2.29. The van der Waals surface area contributed by atoms with Crippen molar-refractivity contribution in [3.05, 3.63) is 78.4 Å². The van der Waals surface area contributed by atoms with E-state index in [2.05, 4.69) is 86.6 Å². The summed E-state index contributed by atoms with van der Waals surface area (Å²) in [5, 5.41) is 0. The molecule has 0 aliphatic carbocycles. The van der Waals surface area contributed by atoms with Gasteiger partial charge in [-0.3, -0.25) is 0 Å². The summed E-state index contributed by atoms with van der Waals surface area (Å²) in [7, 11) is 0. The van der Waals surface area contributed by atoms with Crippen molar-refractivity contribution in [2.45, 2.75) is 74.3 Å². The molecular weight excluding hydrogens is 440 g/mol. The van der Waals surface area contributed by atoms with Crippen LogP contribution in [0.25, 0.3) is 11.1 Å². The van der Waals surface area contributed by atoms with Crippen molar-refractivity contribution < 1.29 is 4.74 Å². The van der Waals surface area contributed by atoms with Gasteiger partial charge in [0.25, 0.3) is 0 Å². The molecule has 0 spiro atoms. The average molecular weight is 479 g/mol. The fraction of sp³-hybridized carbons (Fsp3) is 0.400. The van der Waals surface area contributed by atoms with Crippen LogP contribution in [0.3, 0.4) is 0 Å². The minimum Gasteiger partial charge on any atom is -0.494 e. The molecular formula is C30H38OS2. The van der Waals surface area contributed by atoms with E-state index in [0.717, 1.165) is 31.0 Å². The van der Waals surface area contributed by atoms with E-state index in [-0.39, 0.29) is 0 Å². The summed E-state index contributed by atoms with van der Waals surface area (Å²) in [6.07, 6.45) is 9.03. The van der Waals surface area contributed by atoms with E-state index in [4.69, 9.17) is 4.74 Å². The predicted octanol–water partition coefficient (Wildman–Crippen LogP) is 9.89. The van der Waals surface area contributed by atoms with Gasteiger partial charge in [-0.05, 0) is 71.7 Å². The second kappa shape index (κ2) is 15.1. The first-order chi connectivity index (χ1) is 16.3. The molecule has 1 nitrogen and oxygen atoms in total. The number of thioether (sulfide) groups is 2. The van der Waals surface area contributed by atoms with Gasteiger partial charge in [-0.15, -0.1) is 23.5 Å². The van der Waals surface area contributed by atoms with Gasteiger partial charge in [0.15, 0.2) is 0 Å². The Hall–Kier alpha value is -1.84. The molecule has 0 aliphatic rings. The molecule has 0 aromatic heterocycles. The van der Waals surface area contributed by atoms with E-state index in [1.165, 1.54) is 64.3 Å². The highest BCUT2D eigenvalue weighted by molar-refractivity contribution is 7.99. The Morgan fingerprint density at radius 2 is 1.15 bits per heavy atom. The molecule has 0 saturated heterocycles. The molecule has 3 heteroatoms. The predicted molar refractivity (Wildman–Crippen MR) is 148 cm³/mol. The van der Waals surface area contributed by atoms with Gasteiger partial charge in [0, 0.05) is 15.5 Å². The highest BCUT2D eigenvalue weighted by Gasteiger charge is 2.02. The van der Waals surface area contributed by atoms with Crippen molar-refractivity contribution in [3.63, 3.8) is 0 Å². The lowest BCUT2D eigenvalue weighted by Crippen LogP contribution is -1.96. The SMILES string of the molecule is CCCCCCCSc1ccc(-c2ccc(SCc3ccc(OCCCC)cc3)cc2)cc1. The Bertz CT molecular complexity index is 902. The number of ether oxygens (including phenoxy) is 1. The zero-order valence-electron chi connectivity index (χ0n) is 20.2. The minimum atomic E-state index is 0.803. The minimum absolute atomic E-state index is 0.803. The van der Waals surface area contributed by atoms with Gasteiger partial charge in [-0.1, -0.05) is 82.3 Å². The van der Waals surface area contributed by atoms with E-state index >= 15 is 0 Å². The zero-order chi connectivity index (χ0) is 23.1. The van der Waals surface area contributed by atoms with Crippen molar-refractivity contribution in [2.24, 2.45) is 0 Å². The summed E-state index contributed by atoms with van der Waals surface area (Å²) in [6.45, 7) is 5.26. The lowest BCUT2D eigenvalue weighted by molar-refractivity contribution is 0.309. The van der Waals surface area contributed by atoms with Gasteiger partial charge >= 0.3 is 0 Å². The van der Waals surface area contributed by atoms with Gasteiger partial charge in [0.1, 0.15) is 5.75 Å². The summed E-state index contributed by atoms with van der Waals surface area (Å²) in [4.78, 5) is 2.68. The van der Waals surface area contributed by atoms with E-state index in [0.29, 0.717) is 0 Å². The second-order valence-corrected chi connectivity index (χ2v) is 10.7. The molecule has 0 atom stereocenters. The van der Waals surface area contributed by atoms with Crippen LogP contribution in [0.15, 0.2) is 82.6 Å². The van der Waals surface area contributed by atoms with E-state index in [1.807, 2.05) is 23.5 Å². The van der Waals surface area contributed by atoms with Gasteiger partial charge in [-0.2, -0.15) is 0 Å². The molecule has 0 radical (unpaired) electrons.